The van der Waals surface area contributed by atoms with Crippen LogP contribution in [0.4, 0.5) is 0 Å². The third-order valence-corrected chi connectivity index (χ3v) is 6.21. The number of rotatable bonds is 9. The summed E-state index contributed by atoms with van der Waals surface area (Å²) in [5.74, 6) is -1.36. The predicted octanol–water partition coefficient (Wildman–Crippen LogP) is 1.96. The first-order valence-corrected chi connectivity index (χ1v) is 9.74. The lowest BCUT2D eigenvalue weighted by molar-refractivity contribution is -0.137. The summed E-state index contributed by atoms with van der Waals surface area (Å²) in [6.07, 6.45) is -0.157. The van der Waals surface area contributed by atoms with E-state index in [0.29, 0.717) is 25.2 Å². The molecule has 1 aromatic rings. The topological polar surface area (TPSA) is 95.0 Å². The quantitative estimate of drug-likeness (QED) is 0.717. The minimum atomic E-state index is -3.68. The molecule has 0 spiro atoms. The SMILES string of the molecule is CCN(CCC(=O)O)C(=O)c1ccc(C)c(S(=O)(=O)N(CC)CC)c1. The molecule has 1 amide bonds. The average Bonchev–Trinajstić information content (AvgIpc) is 2.56. The Hall–Kier alpha value is -1.93. The summed E-state index contributed by atoms with van der Waals surface area (Å²) in [6.45, 7) is 8.07. The van der Waals surface area contributed by atoms with Gasteiger partial charge in [0.05, 0.1) is 11.3 Å². The fraction of sp³-hybridized carbons (Fsp3) is 0.529. The van der Waals surface area contributed by atoms with E-state index in [2.05, 4.69) is 0 Å². The number of sulfonamides is 1. The smallest absolute Gasteiger partial charge is 0.305 e. The van der Waals surface area contributed by atoms with Crippen LogP contribution in [0.5, 0.6) is 0 Å². The number of benzene rings is 1. The maximum atomic E-state index is 12.8. The third kappa shape index (κ3) is 5.02. The summed E-state index contributed by atoms with van der Waals surface area (Å²) >= 11 is 0. The van der Waals surface area contributed by atoms with Gasteiger partial charge in [-0.25, -0.2) is 8.42 Å². The van der Waals surface area contributed by atoms with Gasteiger partial charge in [-0.15, -0.1) is 0 Å². The third-order valence-electron chi connectivity index (χ3n) is 4.02. The minimum absolute atomic E-state index is 0.0800. The summed E-state index contributed by atoms with van der Waals surface area (Å²) in [7, 11) is -3.68. The van der Waals surface area contributed by atoms with Crippen molar-refractivity contribution in [3.8, 4) is 0 Å². The van der Waals surface area contributed by atoms with E-state index in [-0.39, 0.29) is 29.3 Å². The van der Waals surface area contributed by atoms with Crippen LogP contribution in [0.1, 0.15) is 43.1 Å². The molecule has 0 unspecified atom stereocenters. The van der Waals surface area contributed by atoms with Crippen LogP contribution >= 0.6 is 0 Å². The zero-order chi connectivity index (χ0) is 19.2. The van der Waals surface area contributed by atoms with Crippen LogP contribution in [-0.2, 0) is 14.8 Å². The molecule has 1 rings (SSSR count). The van der Waals surface area contributed by atoms with E-state index in [1.807, 2.05) is 0 Å². The van der Waals surface area contributed by atoms with E-state index in [9.17, 15) is 18.0 Å². The molecule has 0 aliphatic rings. The van der Waals surface area contributed by atoms with Gasteiger partial charge in [-0.1, -0.05) is 19.9 Å². The molecule has 1 N–H and O–H groups in total. The van der Waals surface area contributed by atoms with E-state index in [4.69, 9.17) is 5.11 Å². The predicted molar refractivity (Wildman–Crippen MR) is 95.1 cm³/mol. The highest BCUT2D eigenvalue weighted by Crippen LogP contribution is 2.22. The first-order valence-electron chi connectivity index (χ1n) is 8.30. The molecule has 0 aliphatic carbocycles. The van der Waals surface area contributed by atoms with Gasteiger partial charge in [-0.3, -0.25) is 9.59 Å². The number of aliphatic carboxylic acids is 1. The van der Waals surface area contributed by atoms with Crippen LogP contribution < -0.4 is 0 Å². The second kappa shape index (κ2) is 8.96. The van der Waals surface area contributed by atoms with Gasteiger partial charge in [0, 0.05) is 31.7 Å². The van der Waals surface area contributed by atoms with E-state index in [1.165, 1.54) is 15.3 Å². The summed E-state index contributed by atoms with van der Waals surface area (Å²) in [5, 5.41) is 8.79. The number of carbonyl (C=O) groups excluding carboxylic acids is 1. The number of hydrogen-bond acceptors (Lipinski definition) is 4. The molecule has 7 nitrogen and oxygen atoms in total. The Bertz CT molecular complexity index is 727. The molecule has 0 aromatic heterocycles. The van der Waals surface area contributed by atoms with Crippen molar-refractivity contribution >= 4 is 21.9 Å². The molecular weight excluding hydrogens is 344 g/mol. The van der Waals surface area contributed by atoms with Gasteiger partial charge in [0.25, 0.3) is 5.91 Å². The maximum absolute atomic E-state index is 12.8. The first kappa shape index (κ1) is 21.1. The number of nitrogens with zero attached hydrogens (tertiary/aromatic N) is 2. The number of aryl methyl sites for hydroxylation is 1. The normalized spacial score (nSPS) is 11.6. The van der Waals surface area contributed by atoms with Crippen LogP contribution in [0.25, 0.3) is 0 Å². The Morgan fingerprint density at radius 2 is 1.68 bits per heavy atom. The van der Waals surface area contributed by atoms with Crippen molar-refractivity contribution in [3.05, 3.63) is 29.3 Å². The number of amides is 1. The molecule has 0 heterocycles. The molecule has 0 atom stereocenters. The second-order valence-electron chi connectivity index (χ2n) is 5.60. The van der Waals surface area contributed by atoms with Crippen molar-refractivity contribution in [2.75, 3.05) is 26.2 Å². The second-order valence-corrected chi connectivity index (χ2v) is 7.50. The number of carboxylic acids is 1. The molecule has 25 heavy (non-hydrogen) atoms. The molecule has 8 heteroatoms. The number of hydrogen-bond donors (Lipinski definition) is 1. The van der Waals surface area contributed by atoms with Gasteiger partial charge in [0.2, 0.25) is 10.0 Å². The molecule has 0 bridgehead atoms. The Morgan fingerprint density at radius 3 is 2.16 bits per heavy atom. The molecule has 0 saturated heterocycles. The maximum Gasteiger partial charge on any atom is 0.305 e. The Morgan fingerprint density at radius 1 is 1.08 bits per heavy atom. The first-order chi connectivity index (χ1) is 11.7. The Balaban J connectivity index is 3.24. The fourth-order valence-electron chi connectivity index (χ4n) is 2.53. The molecule has 0 saturated carbocycles. The van der Waals surface area contributed by atoms with Crippen LogP contribution in [-0.4, -0.2) is 60.8 Å². The highest BCUT2D eigenvalue weighted by atomic mass is 32.2. The number of carboxylic acid groups (broad SMARTS) is 1. The van der Waals surface area contributed by atoms with Crippen molar-refractivity contribution in [1.29, 1.82) is 0 Å². The summed E-state index contributed by atoms with van der Waals surface area (Å²) in [4.78, 5) is 24.8. The minimum Gasteiger partial charge on any atom is -0.481 e. The largest absolute Gasteiger partial charge is 0.481 e. The van der Waals surface area contributed by atoms with Crippen molar-refractivity contribution in [1.82, 2.24) is 9.21 Å². The molecule has 1 aromatic carbocycles. The molecule has 0 fully saturated rings. The zero-order valence-electron chi connectivity index (χ0n) is 15.2. The van der Waals surface area contributed by atoms with Gasteiger partial charge in [-0.2, -0.15) is 4.31 Å². The lowest BCUT2D eigenvalue weighted by Gasteiger charge is -2.22. The monoisotopic (exact) mass is 370 g/mol. The van der Waals surface area contributed by atoms with Crippen molar-refractivity contribution in [3.63, 3.8) is 0 Å². The highest BCUT2D eigenvalue weighted by Gasteiger charge is 2.25. The van der Waals surface area contributed by atoms with Crippen LogP contribution in [0, 0.1) is 6.92 Å². The zero-order valence-corrected chi connectivity index (χ0v) is 16.0. The Kier molecular flexibility index (Phi) is 7.57. The molecular formula is C17H26N2O5S. The lowest BCUT2D eigenvalue weighted by atomic mass is 10.1. The van der Waals surface area contributed by atoms with Crippen LogP contribution in [0.3, 0.4) is 0 Å². The van der Waals surface area contributed by atoms with E-state index in [1.54, 1.807) is 39.8 Å². The van der Waals surface area contributed by atoms with Crippen molar-refractivity contribution in [2.24, 2.45) is 0 Å². The van der Waals surface area contributed by atoms with E-state index >= 15 is 0 Å². The highest BCUT2D eigenvalue weighted by molar-refractivity contribution is 7.89. The average molecular weight is 370 g/mol. The fourth-order valence-corrected chi connectivity index (χ4v) is 4.24. The summed E-state index contributed by atoms with van der Waals surface area (Å²) < 4.78 is 26.9. The summed E-state index contributed by atoms with van der Waals surface area (Å²) in [5.41, 5.74) is 0.806. The van der Waals surface area contributed by atoms with E-state index in [0.717, 1.165) is 0 Å². The molecule has 0 aliphatic heterocycles. The Labute approximate surface area is 149 Å². The standard InChI is InChI=1S/C17H26N2O5S/c1-5-18(11-10-16(20)21)17(22)14-9-8-13(4)15(12-14)25(23,24)19(6-2)7-3/h8-9,12H,5-7,10-11H2,1-4H3,(H,20,21). The van der Waals surface area contributed by atoms with Gasteiger partial charge >= 0.3 is 5.97 Å². The molecule has 0 radical (unpaired) electrons. The van der Waals surface area contributed by atoms with Crippen molar-refractivity contribution in [2.45, 2.75) is 39.0 Å². The number of carbonyl (C=O) groups is 2. The van der Waals surface area contributed by atoms with Crippen LogP contribution in [0.15, 0.2) is 23.1 Å². The molecule has 140 valence electrons. The van der Waals surface area contributed by atoms with Gasteiger partial charge in [0.15, 0.2) is 0 Å². The summed E-state index contributed by atoms with van der Waals surface area (Å²) in [6, 6.07) is 4.56. The van der Waals surface area contributed by atoms with Gasteiger partial charge in [0.1, 0.15) is 0 Å². The van der Waals surface area contributed by atoms with E-state index < -0.39 is 16.0 Å². The van der Waals surface area contributed by atoms with Crippen molar-refractivity contribution < 1.29 is 23.1 Å². The van der Waals surface area contributed by atoms with Gasteiger partial charge in [-0.05, 0) is 31.5 Å². The van der Waals surface area contributed by atoms with Gasteiger partial charge < -0.3 is 10.0 Å². The lowest BCUT2D eigenvalue weighted by Crippen LogP contribution is -2.34. The van der Waals surface area contributed by atoms with Crippen LogP contribution in [0.2, 0.25) is 0 Å².